The summed E-state index contributed by atoms with van der Waals surface area (Å²) in [6.07, 6.45) is 4.49. The van der Waals surface area contributed by atoms with Crippen molar-refractivity contribution in [1.29, 1.82) is 0 Å². The van der Waals surface area contributed by atoms with Crippen LogP contribution < -0.4 is 11.1 Å². The molecule has 0 unspecified atom stereocenters. The van der Waals surface area contributed by atoms with Gasteiger partial charge in [-0.15, -0.1) is 0 Å². The van der Waals surface area contributed by atoms with Crippen molar-refractivity contribution < 1.29 is 0 Å². The Morgan fingerprint density at radius 2 is 2.36 bits per heavy atom. The third-order valence-corrected chi connectivity index (χ3v) is 2.89. The molecule has 0 aromatic carbocycles. The Morgan fingerprint density at radius 3 is 2.86 bits per heavy atom. The summed E-state index contributed by atoms with van der Waals surface area (Å²) in [4.78, 5) is 0. The quantitative estimate of drug-likeness (QED) is 0.766. The van der Waals surface area contributed by atoms with Gasteiger partial charge in [0.25, 0.3) is 0 Å². The molecule has 0 aliphatic heterocycles. The number of nitrogen functional groups attached to an aromatic ring is 1. The van der Waals surface area contributed by atoms with E-state index in [1.165, 1.54) is 12.8 Å². The molecule has 0 bridgehead atoms. The lowest BCUT2D eigenvalue weighted by Gasteiger charge is -2.32. The molecule has 1 aromatic rings. The first-order chi connectivity index (χ1) is 6.65. The van der Waals surface area contributed by atoms with Crippen molar-refractivity contribution in [2.75, 3.05) is 17.6 Å². The standard InChI is InChI=1S/C10H18N4/c1-7-3-8(4-7)5-12-10-9(11)6-14(2)13-10/h6-8H,3-5,11H2,1-2H3,(H,12,13). The molecule has 14 heavy (non-hydrogen) atoms. The Labute approximate surface area is 84.5 Å². The van der Waals surface area contributed by atoms with Crippen molar-refractivity contribution in [1.82, 2.24) is 9.78 Å². The second-order valence-electron chi connectivity index (χ2n) is 4.43. The van der Waals surface area contributed by atoms with Crippen LogP contribution in [0.25, 0.3) is 0 Å². The molecule has 0 atom stereocenters. The molecular formula is C10H18N4. The lowest BCUT2D eigenvalue weighted by Crippen LogP contribution is -2.27. The zero-order valence-corrected chi connectivity index (χ0v) is 8.83. The Morgan fingerprint density at radius 1 is 1.64 bits per heavy atom. The lowest BCUT2D eigenvalue weighted by molar-refractivity contribution is 0.225. The average molecular weight is 194 g/mol. The molecule has 1 fully saturated rings. The largest absolute Gasteiger partial charge is 0.394 e. The third kappa shape index (κ3) is 1.84. The van der Waals surface area contributed by atoms with Crippen molar-refractivity contribution in [2.45, 2.75) is 19.8 Å². The van der Waals surface area contributed by atoms with Crippen LogP contribution in [0.2, 0.25) is 0 Å². The van der Waals surface area contributed by atoms with Gasteiger partial charge in [0.05, 0.1) is 5.69 Å². The van der Waals surface area contributed by atoms with Gasteiger partial charge in [0.2, 0.25) is 0 Å². The Balaban J connectivity index is 1.83. The zero-order chi connectivity index (χ0) is 10.1. The highest BCUT2D eigenvalue weighted by Crippen LogP contribution is 2.33. The molecule has 3 N–H and O–H groups in total. The molecule has 0 saturated heterocycles. The zero-order valence-electron chi connectivity index (χ0n) is 8.83. The van der Waals surface area contributed by atoms with E-state index in [2.05, 4.69) is 17.3 Å². The van der Waals surface area contributed by atoms with Gasteiger partial charge in [-0.3, -0.25) is 4.68 Å². The van der Waals surface area contributed by atoms with Gasteiger partial charge in [-0.25, -0.2) is 0 Å². The van der Waals surface area contributed by atoms with Crippen LogP contribution in [0.15, 0.2) is 6.20 Å². The summed E-state index contributed by atoms with van der Waals surface area (Å²) in [7, 11) is 1.88. The molecule has 1 aliphatic carbocycles. The van der Waals surface area contributed by atoms with E-state index >= 15 is 0 Å². The van der Waals surface area contributed by atoms with Gasteiger partial charge in [0, 0.05) is 19.8 Å². The van der Waals surface area contributed by atoms with Crippen LogP contribution in [0.3, 0.4) is 0 Å². The summed E-state index contributed by atoms with van der Waals surface area (Å²) >= 11 is 0. The first-order valence-electron chi connectivity index (χ1n) is 5.18. The highest BCUT2D eigenvalue weighted by Gasteiger charge is 2.25. The van der Waals surface area contributed by atoms with Crippen molar-refractivity contribution in [3.63, 3.8) is 0 Å². The average Bonchev–Trinajstić information content (AvgIpc) is 2.37. The van der Waals surface area contributed by atoms with E-state index in [-0.39, 0.29) is 0 Å². The number of anilines is 2. The van der Waals surface area contributed by atoms with Crippen LogP contribution in [-0.2, 0) is 7.05 Å². The molecule has 4 nitrogen and oxygen atoms in total. The minimum Gasteiger partial charge on any atom is -0.394 e. The fourth-order valence-corrected chi connectivity index (χ4v) is 2.12. The van der Waals surface area contributed by atoms with Crippen LogP contribution in [0.5, 0.6) is 0 Å². The van der Waals surface area contributed by atoms with Crippen LogP contribution in [0.1, 0.15) is 19.8 Å². The first-order valence-corrected chi connectivity index (χ1v) is 5.18. The second kappa shape index (κ2) is 3.52. The van der Waals surface area contributed by atoms with E-state index < -0.39 is 0 Å². The van der Waals surface area contributed by atoms with Gasteiger partial charge in [-0.05, 0) is 24.7 Å². The minimum atomic E-state index is 0.736. The molecule has 0 radical (unpaired) electrons. The number of nitrogens with one attached hydrogen (secondary N) is 1. The number of hydrogen-bond donors (Lipinski definition) is 2. The number of aromatic nitrogens is 2. The summed E-state index contributed by atoms with van der Waals surface area (Å²) in [5.74, 6) is 2.54. The molecule has 1 aromatic heterocycles. The van der Waals surface area contributed by atoms with Gasteiger partial charge in [-0.1, -0.05) is 6.92 Å². The van der Waals surface area contributed by atoms with Gasteiger partial charge < -0.3 is 11.1 Å². The smallest absolute Gasteiger partial charge is 0.171 e. The maximum atomic E-state index is 5.77. The summed E-state index contributed by atoms with van der Waals surface area (Å²) in [6.45, 7) is 3.30. The normalized spacial score (nSPS) is 25.9. The number of nitrogens with two attached hydrogens (primary N) is 1. The van der Waals surface area contributed by atoms with Gasteiger partial charge in [-0.2, -0.15) is 5.10 Å². The van der Waals surface area contributed by atoms with Crippen LogP contribution in [-0.4, -0.2) is 16.3 Å². The maximum Gasteiger partial charge on any atom is 0.171 e. The second-order valence-corrected chi connectivity index (χ2v) is 4.43. The summed E-state index contributed by atoms with van der Waals surface area (Å²) in [5, 5.41) is 7.54. The molecule has 1 saturated carbocycles. The number of hydrogen-bond acceptors (Lipinski definition) is 3. The monoisotopic (exact) mass is 194 g/mol. The van der Waals surface area contributed by atoms with Gasteiger partial charge >= 0.3 is 0 Å². The first kappa shape index (κ1) is 9.37. The fourth-order valence-electron chi connectivity index (χ4n) is 2.12. The van der Waals surface area contributed by atoms with E-state index in [1.807, 2.05) is 13.2 Å². The molecule has 0 amide bonds. The summed E-state index contributed by atoms with van der Waals surface area (Å²) in [6, 6.07) is 0. The van der Waals surface area contributed by atoms with E-state index in [0.29, 0.717) is 0 Å². The molecule has 2 rings (SSSR count). The summed E-state index contributed by atoms with van der Waals surface area (Å²) < 4.78 is 1.74. The van der Waals surface area contributed by atoms with Crippen molar-refractivity contribution >= 4 is 11.5 Å². The Hall–Kier alpha value is -1.19. The predicted molar refractivity (Wildman–Crippen MR) is 58.0 cm³/mol. The number of nitrogens with zero attached hydrogens (tertiary/aromatic N) is 2. The topological polar surface area (TPSA) is 55.9 Å². The number of rotatable bonds is 3. The lowest BCUT2D eigenvalue weighted by atomic mass is 9.76. The van der Waals surface area contributed by atoms with Gasteiger partial charge in [0.15, 0.2) is 5.82 Å². The van der Waals surface area contributed by atoms with Crippen LogP contribution in [0, 0.1) is 11.8 Å². The number of aryl methyl sites for hydroxylation is 1. The SMILES string of the molecule is CC1CC(CNc2nn(C)cc2N)C1. The highest BCUT2D eigenvalue weighted by atomic mass is 15.3. The Kier molecular flexibility index (Phi) is 2.35. The molecule has 1 aliphatic rings. The fraction of sp³-hybridized carbons (Fsp3) is 0.700. The van der Waals surface area contributed by atoms with E-state index in [1.54, 1.807) is 4.68 Å². The minimum absolute atomic E-state index is 0.736. The van der Waals surface area contributed by atoms with E-state index in [9.17, 15) is 0 Å². The Bertz CT molecular complexity index is 312. The van der Waals surface area contributed by atoms with Crippen molar-refractivity contribution in [3.8, 4) is 0 Å². The van der Waals surface area contributed by atoms with Crippen LogP contribution in [0.4, 0.5) is 11.5 Å². The highest BCUT2D eigenvalue weighted by molar-refractivity contribution is 5.59. The van der Waals surface area contributed by atoms with Crippen LogP contribution >= 0.6 is 0 Å². The van der Waals surface area contributed by atoms with Crippen molar-refractivity contribution in [2.24, 2.45) is 18.9 Å². The summed E-state index contributed by atoms with van der Waals surface area (Å²) in [5.41, 5.74) is 6.50. The molecule has 78 valence electrons. The van der Waals surface area contributed by atoms with Crippen molar-refractivity contribution in [3.05, 3.63) is 6.20 Å². The van der Waals surface area contributed by atoms with E-state index in [4.69, 9.17) is 5.73 Å². The molecular weight excluding hydrogens is 176 g/mol. The maximum absolute atomic E-state index is 5.77. The molecule has 4 heteroatoms. The van der Waals surface area contributed by atoms with E-state index in [0.717, 1.165) is 29.9 Å². The molecule has 1 heterocycles. The molecule has 0 spiro atoms. The predicted octanol–water partition coefficient (Wildman–Crippen LogP) is 1.46. The van der Waals surface area contributed by atoms with Gasteiger partial charge in [0.1, 0.15) is 0 Å². The third-order valence-electron chi connectivity index (χ3n) is 2.89.